The van der Waals surface area contributed by atoms with Crippen molar-refractivity contribution in [3.63, 3.8) is 0 Å². The number of primary amides is 1. The zero-order valence-corrected chi connectivity index (χ0v) is 21.2. The molecule has 0 saturated carbocycles. The van der Waals surface area contributed by atoms with Crippen LogP contribution in [-0.2, 0) is 6.54 Å². The molecule has 1 saturated heterocycles. The van der Waals surface area contributed by atoms with E-state index >= 15 is 0 Å². The van der Waals surface area contributed by atoms with Crippen molar-refractivity contribution < 1.29 is 59.2 Å². The van der Waals surface area contributed by atoms with Crippen LogP contribution in [-0.4, -0.2) is 48.3 Å². The number of aromatic hydroxyl groups is 1. The predicted octanol–water partition coefficient (Wildman–Crippen LogP) is -0.114. The van der Waals surface area contributed by atoms with Crippen molar-refractivity contribution in [1.29, 1.82) is 0 Å². The van der Waals surface area contributed by atoms with Gasteiger partial charge in [-0.25, -0.2) is 9.37 Å². The second kappa shape index (κ2) is 10.4. The molecule has 34 heavy (non-hydrogen) atoms. The van der Waals surface area contributed by atoms with Gasteiger partial charge in [-0.05, 0) is 42.7 Å². The zero-order valence-electron chi connectivity index (χ0n) is 19.4. The van der Waals surface area contributed by atoms with E-state index in [4.69, 9.17) is 5.73 Å². The molecule has 3 aromatic rings. The standard InChI is InChI=1S/C21H22FN5O5S.Na.H/c22-13-6-5-12(15(10-13)19(23)29)11-25-21(30)17-18(28)16-14(4-3-7-24-16)20(26-17)27-8-1-2-9-33(27,31)32;;/h3-7,10,28,31-32H,1-2,8-9,11H2,(H2,23,29)(H,25,30);;/q;+1;-1. The molecule has 4 rings (SSSR count). The summed E-state index contributed by atoms with van der Waals surface area (Å²) in [4.78, 5) is 33.0. The first-order chi connectivity index (χ1) is 15.7. The van der Waals surface area contributed by atoms with Crippen LogP contribution in [0.3, 0.4) is 0 Å². The number of rotatable bonds is 5. The Balaban J connectivity index is 0.00000216. The number of hydrogen-bond acceptors (Lipinski definition) is 8. The fraction of sp³-hybridized carbons (Fsp3) is 0.238. The van der Waals surface area contributed by atoms with Gasteiger partial charge in [0.05, 0.1) is 5.75 Å². The molecule has 2 amide bonds. The van der Waals surface area contributed by atoms with Gasteiger partial charge in [0.25, 0.3) is 5.91 Å². The van der Waals surface area contributed by atoms with Crippen molar-refractivity contribution in [3.8, 4) is 5.75 Å². The Morgan fingerprint density at radius 3 is 2.74 bits per heavy atom. The molecule has 1 aliphatic rings. The minimum Gasteiger partial charge on any atom is -1.00 e. The van der Waals surface area contributed by atoms with Gasteiger partial charge < -0.3 is 17.6 Å². The second-order valence-corrected chi connectivity index (χ2v) is 9.64. The molecule has 1 aliphatic heterocycles. The summed E-state index contributed by atoms with van der Waals surface area (Å²) in [6.45, 7) is 0.121. The molecule has 2 aromatic heterocycles. The average Bonchev–Trinajstić information content (AvgIpc) is 2.78. The molecule has 0 atom stereocenters. The zero-order chi connectivity index (χ0) is 23.8. The van der Waals surface area contributed by atoms with E-state index in [0.717, 1.165) is 12.1 Å². The summed E-state index contributed by atoms with van der Waals surface area (Å²) >= 11 is 0. The molecule has 0 unspecified atom stereocenters. The summed E-state index contributed by atoms with van der Waals surface area (Å²) in [5.74, 6) is -2.49. The van der Waals surface area contributed by atoms with Crippen LogP contribution in [0.15, 0.2) is 36.5 Å². The van der Waals surface area contributed by atoms with Crippen molar-refractivity contribution in [2.45, 2.75) is 19.4 Å². The van der Waals surface area contributed by atoms with E-state index in [1.54, 1.807) is 12.1 Å². The van der Waals surface area contributed by atoms with Crippen molar-refractivity contribution in [3.05, 3.63) is 59.2 Å². The number of carbonyl (C=O) groups excluding carboxylic acids is 2. The van der Waals surface area contributed by atoms with Gasteiger partial charge in [0, 0.05) is 30.2 Å². The maximum Gasteiger partial charge on any atom is 1.00 e. The number of anilines is 1. The van der Waals surface area contributed by atoms with Crippen LogP contribution in [0.5, 0.6) is 5.75 Å². The van der Waals surface area contributed by atoms with Gasteiger partial charge in [-0.1, -0.05) is 6.07 Å². The van der Waals surface area contributed by atoms with Crippen LogP contribution < -0.4 is 44.9 Å². The molecule has 6 N–H and O–H groups in total. The van der Waals surface area contributed by atoms with Crippen molar-refractivity contribution in [2.75, 3.05) is 16.6 Å². The molecule has 10 nitrogen and oxygen atoms in total. The van der Waals surface area contributed by atoms with Gasteiger partial charge in [0.2, 0.25) is 5.91 Å². The van der Waals surface area contributed by atoms with E-state index in [9.17, 15) is 28.2 Å². The maximum atomic E-state index is 13.5. The Bertz CT molecular complexity index is 1270. The number of amides is 2. The molecule has 0 bridgehead atoms. The third-order valence-corrected chi connectivity index (χ3v) is 7.22. The monoisotopic (exact) mass is 499 g/mol. The summed E-state index contributed by atoms with van der Waals surface area (Å²) in [5.41, 5.74) is 5.18. The summed E-state index contributed by atoms with van der Waals surface area (Å²) in [6, 6.07) is 6.65. The molecule has 3 heterocycles. The van der Waals surface area contributed by atoms with Gasteiger partial charge >= 0.3 is 29.6 Å². The first-order valence-electron chi connectivity index (χ1n) is 10.1. The van der Waals surface area contributed by atoms with E-state index in [2.05, 4.69) is 15.3 Å². The number of pyridine rings is 2. The van der Waals surface area contributed by atoms with Crippen LogP contribution in [0.1, 0.15) is 40.7 Å². The first kappa shape index (κ1) is 26.1. The minimum absolute atomic E-state index is 0. The third kappa shape index (κ3) is 5.11. The van der Waals surface area contributed by atoms with E-state index in [0.29, 0.717) is 24.8 Å². The van der Waals surface area contributed by atoms with Crippen LogP contribution in [0.2, 0.25) is 0 Å². The molecule has 13 heteroatoms. The number of benzene rings is 1. The second-order valence-electron chi connectivity index (χ2n) is 7.53. The van der Waals surface area contributed by atoms with Crippen LogP contribution in [0.25, 0.3) is 10.9 Å². The number of aromatic nitrogens is 2. The number of nitrogens with two attached hydrogens (primary N) is 1. The van der Waals surface area contributed by atoms with Crippen molar-refractivity contribution in [1.82, 2.24) is 15.3 Å². The summed E-state index contributed by atoms with van der Waals surface area (Å²) in [5, 5.41) is 13.6. The van der Waals surface area contributed by atoms with Crippen LogP contribution in [0, 0.1) is 5.82 Å². The van der Waals surface area contributed by atoms with Gasteiger partial charge in [-0.2, -0.15) is 0 Å². The number of carbonyl (C=O) groups is 2. The Labute approximate surface area is 219 Å². The molecule has 0 aliphatic carbocycles. The van der Waals surface area contributed by atoms with Crippen molar-refractivity contribution >= 4 is 39.3 Å². The Hall–Kier alpha value is -2.48. The van der Waals surface area contributed by atoms with Gasteiger partial charge in [-0.3, -0.25) is 28.0 Å². The van der Waals surface area contributed by atoms with Crippen LogP contribution >= 0.6 is 10.8 Å². The summed E-state index contributed by atoms with van der Waals surface area (Å²) in [7, 11) is -3.16. The molecule has 0 spiro atoms. The van der Waals surface area contributed by atoms with E-state index in [1.165, 1.54) is 16.6 Å². The normalized spacial score (nSPS) is 15.9. The molecular weight excluding hydrogens is 476 g/mol. The number of nitrogens with zero attached hydrogens (tertiary/aromatic N) is 3. The molecule has 176 valence electrons. The Morgan fingerprint density at radius 2 is 2.03 bits per heavy atom. The van der Waals surface area contributed by atoms with Crippen molar-refractivity contribution in [2.24, 2.45) is 5.73 Å². The third-order valence-electron chi connectivity index (χ3n) is 5.33. The minimum atomic E-state index is -3.16. The fourth-order valence-corrected chi connectivity index (χ4v) is 5.35. The molecule has 0 radical (unpaired) electrons. The number of halogens is 1. The number of hydrogen-bond donors (Lipinski definition) is 5. The summed E-state index contributed by atoms with van der Waals surface area (Å²) < 4.78 is 36.0. The topological polar surface area (TPSA) is 162 Å². The van der Waals surface area contributed by atoms with Crippen LogP contribution in [0.4, 0.5) is 10.2 Å². The van der Waals surface area contributed by atoms with Gasteiger partial charge in [0.1, 0.15) is 11.3 Å². The molecule has 1 fully saturated rings. The number of fused-ring (bicyclic) bond motifs is 1. The smallest absolute Gasteiger partial charge is 1.00 e. The first-order valence-corrected chi connectivity index (χ1v) is 11.7. The average molecular weight is 500 g/mol. The quantitative estimate of drug-likeness (QED) is 0.304. The summed E-state index contributed by atoms with van der Waals surface area (Å²) in [6.07, 6.45) is 2.77. The van der Waals surface area contributed by atoms with E-state index in [-0.39, 0.29) is 71.4 Å². The largest absolute Gasteiger partial charge is 1.00 e. The Morgan fingerprint density at radius 1 is 1.26 bits per heavy atom. The predicted molar refractivity (Wildman–Crippen MR) is 123 cm³/mol. The maximum absolute atomic E-state index is 13.5. The molecular formula is C21H23FN5NaO5S. The van der Waals surface area contributed by atoms with Gasteiger partial charge in [-0.15, -0.1) is 10.8 Å². The number of nitrogens with one attached hydrogen (secondary N) is 1. The fourth-order valence-electron chi connectivity index (χ4n) is 3.70. The van der Waals surface area contributed by atoms with E-state index < -0.39 is 34.2 Å². The molecule has 1 aromatic carbocycles. The Kier molecular flexibility index (Phi) is 8.01. The van der Waals surface area contributed by atoms with E-state index in [1.807, 2.05) is 0 Å². The SMILES string of the molecule is NC(=O)c1cc(F)ccc1CNC(=O)c1nc(N2CCCCS2(O)O)c2cccnc2c1O.[H-].[Na+]. The van der Waals surface area contributed by atoms with Gasteiger partial charge in [0.15, 0.2) is 17.3 Å².